The minimum atomic E-state index is 0.282. The topological polar surface area (TPSA) is 29.3 Å². The highest BCUT2D eigenvalue weighted by Crippen LogP contribution is 2.18. The molecule has 3 heteroatoms. The Morgan fingerprint density at radius 3 is 3.00 bits per heavy atom. The summed E-state index contributed by atoms with van der Waals surface area (Å²) in [6.45, 7) is 2.16. The lowest BCUT2D eigenvalue weighted by Crippen LogP contribution is -2.25. The van der Waals surface area contributed by atoms with Crippen molar-refractivity contribution in [2.45, 2.75) is 19.0 Å². The molecule has 0 bridgehead atoms. The Hall–Kier alpha value is -0.640. The molecule has 82 valence electrons. The van der Waals surface area contributed by atoms with Crippen molar-refractivity contribution in [1.29, 1.82) is 0 Å². The molecular weight excluding hydrogens is 204 g/mol. The van der Waals surface area contributed by atoms with Crippen molar-refractivity contribution in [2.24, 2.45) is 11.7 Å². The van der Waals surface area contributed by atoms with Crippen molar-refractivity contribution in [3.05, 3.63) is 34.5 Å². The molecule has 0 aromatic carbocycles. The molecule has 0 amide bonds. The molecule has 0 fully saturated rings. The Morgan fingerprint density at radius 2 is 2.40 bits per heavy atom. The van der Waals surface area contributed by atoms with Crippen LogP contribution in [-0.4, -0.2) is 24.5 Å². The van der Waals surface area contributed by atoms with E-state index in [1.807, 2.05) is 0 Å². The average Bonchev–Trinajstić information content (AvgIpc) is 2.77. The monoisotopic (exact) mass is 222 g/mol. The fourth-order valence-electron chi connectivity index (χ4n) is 2.10. The molecule has 0 aliphatic heterocycles. The molecule has 1 aliphatic rings. The van der Waals surface area contributed by atoms with E-state index in [0.717, 1.165) is 19.5 Å². The van der Waals surface area contributed by atoms with E-state index in [1.165, 1.54) is 5.56 Å². The minimum Gasteiger partial charge on any atom is -0.324 e. The second kappa shape index (κ2) is 4.92. The van der Waals surface area contributed by atoms with E-state index < -0.39 is 0 Å². The molecule has 0 saturated carbocycles. The summed E-state index contributed by atoms with van der Waals surface area (Å²) in [6.07, 6.45) is 5.49. The van der Waals surface area contributed by atoms with Gasteiger partial charge < -0.3 is 10.6 Å². The summed E-state index contributed by atoms with van der Waals surface area (Å²) in [6, 6.07) is 2.47. The largest absolute Gasteiger partial charge is 0.324 e. The van der Waals surface area contributed by atoms with Gasteiger partial charge in [-0.1, -0.05) is 12.2 Å². The Kier molecular flexibility index (Phi) is 3.57. The summed E-state index contributed by atoms with van der Waals surface area (Å²) in [7, 11) is 2.18. The Bertz CT molecular complexity index is 318. The highest BCUT2D eigenvalue weighted by atomic mass is 32.1. The van der Waals surface area contributed by atoms with Crippen LogP contribution in [0, 0.1) is 5.92 Å². The normalized spacial score (nSPS) is 25.3. The standard InChI is InChI=1S/C12H18N2S/c1-14(8-11-4-5-15-9-11)7-10-2-3-12(13)6-10/h2-5,9-10,12H,6-8,13H2,1H3. The van der Waals surface area contributed by atoms with Gasteiger partial charge in [-0.15, -0.1) is 0 Å². The number of thiophene rings is 1. The summed E-state index contributed by atoms with van der Waals surface area (Å²) >= 11 is 1.76. The molecule has 0 saturated heterocycles. The van der Waals surface area contributed by atoms with E-state index in [9.17, 15) is 0 Å². The van der Waals surface area contributed by atoms with E-state index in [1.54, 1.807) is 11.3 Å². The smallest absolute Gasteiger partial charge is 0.0239 e. The summed E-state index contributed by atoms with van der Waals surface area (Å²) in [5.41, 5.74) is 7.24. The van der Waals surface area contributed by atoms with Crippen LogP contribution in [0.25, 0.3) is 0 Å². The van der Waals surface area contributed by atoms with E-state index in [-0.39, 0.29) is 6.04 Å². The van der Waals surface area contributed by atoms with Gasteiger partial charge in [0.25, 0.3) is 0 Å². The maximum Gasteiger partial charge on any atom is 0.0239 e. The highest BCUT2D eigenvalue weighted by Gasteiger charge is 2.17. The molecule has 1 aromatic heterocycles. The lowest BCUT2D eigenvalue weighted by Gasteiger charge is -2.19. The second-order valence-corrected chi connectivity index (χ2v) is 5.15. The van der Waals surface area contributed by atoms with Crippen LogP contribution >= 0.6 is 11.3 Å². The van der Waals surface area contributed by atoms with Crippen molar-refractivity contribution < 1.29 is 0 Å². The Balaban J connectivity index is 1.78. The van der Waals surface area contributed by atoms with Crippen molar-refractivity contribution in [1.82, 2.24) is 4.90 Å². The van der Waals surface area contributed by atoms with E-state index in [4.69, 9.17) is 5.73 Å². The lowest BCUT2D eigenvalue weighted by atomic mass is 10.1. The molecule has 2 unspecified atom stereocenters. The third kappa shape index (κ3) is 3.16. The molecule has 1 heterocycles. The molecule has 2 rings (SSSR count). The van der Waals surface area contributed by atoms with E-state index >= 15 is 0 Å². The minimum absolute atomic E-state index is 0.282. The van der Waals surface area contributed by atoms with Crippen LogP contribution in [-0.2, 0) is 6.54 Å². The molecule has 1 aliphatic carbocycles. The van der Waals surface area contributed by atoms with Gasteiger partial charge in [0, 0.05) is 19.1 Å². The summed E-state index contributed by atoms with van der Waals surface area (Å²) in [5, 5.41) is 4.35. The third-order valence-electron chi connectivity index (χ3n) is 2.78. The maximum atomic E-state index is 5.83. The predicted molar refractivity (Wildman–Crippen MR) is 65.9 cm³/mol. The van der Waals surface area contributed by atoms with Gasteiger partial charge in [-0.25, -0.2) is 0 Å². The zero-order valence-electron chi connectivity index (χ0n) is 9.10. The summed E-state index contributed by atoms with van der Waals surface area (Å²) in [5.74, 6) is 0.642. The zero-order chi connectivity index (χ0) is 10.7. The van der Waals surface area contributed by atoms with Gasteiger partial charge in [0.05, 0.1) is 0 Å². The molecular formula is C12H18N2S. The predicted octanol–water partition coefficient (Wildman–Crippen LogP) is 2.08. The summed E-state index contributed by atoms with van der Waals surface area (Å²) in [4.78, 5) is 2.37. The van der Waals surface area contributed by atoms with Crippen molar-refractivity contribution in [3.8, 4) is 0 Å². The SMILES string of the molecule is CN(Cc1ccsc1)CC1C=CC(N)C1. The first-order chi connectivity index (χ1) is 7.24. The van der Waals surface area contributed by atoms with Crippen LogP contribution in [0.2, 0.25) is 0 Å². The van der Waals surface area contributed by atoms with Gasteiger partial charge in [0.2, 0.25) is 0 Å². The van der Waals surface area contributed by atoms with Crippen molar-refractivity contribution >= 4 is 11.3 Å². The number of hydrogen-bond donors (Lipinski definition) is 1. The van der Waals surface area contributed by atoms with Crippen LogP contribution in [0.1, 0.15) is 12.0 Å². The third-order valence-corrected chi connectivity index (χ3v) is 3.52. The van der Waals surface area contributed by atoms with Gasteiger partial charge in [-0.2, -0.15) is 11.3 Å². The number of hydrogen-bond acceptors (Lipinski definition) is 3. The summed E-state index contributed by atoms with van der Waals surface area (Å²) < 4.78 is 0. The molecule has 2 N–H and O–H groups in total. The van der Waals surface area contributed by atoms with Gasteiger partial charge in [0.15, 0.2) is 0 Å². The van der Waals surface area contributed by atoms with E-state index in [2.05, 4.69) is 40.9 Å². The van der Waals surface area contributed by atoms with Crippen LogP contribution in [0.4, 0.5) is 0 Å². The molecule has 0 spiro atoms. The number of nitrogens with zero attached hydrogens (tertiary/aromatic N) is 1. The first-order valence-electron chi connectivity index (χ1n) is 5.37. The van der Waals surface area contributed by atoms with Crippen molar-refractivity contribution in [2.75, 3.05) is 13.6 Å². The average molecular weight is 222 g/mol. The van der Waals surface area contributed by atoms with Gasteiger partial charge >= 0.3 is 0 Å². The Morgan fingerprint density at radius 1 is 1.53 bits per heavy atom. The van der Waals surface area contributed by atoms with Gasteiger partial charge in [-0.05, 0) is 41.8 Å². The maximum absolute atomic E-state index is 5.83. The molecule has 0 radical (unpaired) electrons. The van der Waals surface area contributed by atoms with Crippen LogP contribution in [0.15, 0.2) is 29.0 Å². The first kappa shape index (κ1) is 10.9. The Labute approximate surface area is 95.4 Å². The molecule has 2 nitrogen and oxygen atoms in total. The van der Waals surface area contributed by atoms with Gasteiger partial charge in [0.1, 0.15) is 0 Å². The van der Waals surface area contributed by atoms with Gasteiger partial charge in [-0.3, -0.25) is 0 Å². The first-order valence-corrected chi connectivity index (χ1v) is 6.32. The lowest BCUT2D eigenvalue weighted by molar-refractivity contribution is 0.289. The molecule has 2 atom stereocenters. The van der Waals surface area contributed by atoms with Crippen LogP contribution < -0.4 is 5.73 Å². The number of rotatable bonds is 4. The fraction of sp³-hybridized carbons (Fsp3) is 0.500. The van der Waals surface area contributed by atoms with E-state index in [0.29, 0.717) is 5.92 Å². The molecule has 1 aromatic rings. The highest BCUT2D eigenvalue weighted by molar-refractivity contribution is 7.07. The van der Waals surface area contributed by atoms with Crippen LogP contribution in [0.5, 0.6) is 0 Å². The second-order valence-electron chi connectivity index (χ2n) is 4.37. The quantitative estimate of drug-likeness (QED) is 0.790. The zero-order valence-corrected chi connectivity index (χ0v) is 9.91. The van der Waals surface area contributed by atoms with Crippen molar-refractivity contribution in [3.63, 3.8) is 0 Å². The fourth-order valence-corrected chi connectivity index (χ4v) is 2.76. The molecule has 15 heavy (non-hydrogen) atoms. The van der Waals surface area contributed by atoms with Crippen LogP contribution in [0.3, 0.4) is 0 Å². The number of nitrogens with two attached hydrogens (primary N) is 1.